The lowest BCUT2D eigenvalue weighted by atomic mass is 10.0. The normalized spacial score (nSPS) is 10.8. The summed E-state index contributed by atoms with van der Waals surface area (Å²) in [6.45, 7) is 0.958. The molecule has 0 radical (unpaired) electrons. The Kier molecular flexibility index (Phi) is 8.71. The van der Waals surface area contributed by atoms with E-state index < -0.39 is 11.7 Å². The van der Waals surface area contributed by atoms with Gasteiger partial charge in [-0.2, -0.15) is 5.26 Å². The van der Waals surface area contributed by atoms with E-state index in [1.165, 1.54) is 23.5 Å². The van der Waals surface area contributed by atoms with Crippen molar-refractivity contribution < 1.29 is 14.0 Å². The van der Waals surface area contributed by atoms with Crippen molar-refractivity contribution in [1.82, 2.24) is 19.9 Å². The van der Waals surface area contributed by atoms with Gasteiger partial charge in [-0.25, -0.2) is 9.37 Å². The number of carbonyl (C=O) groups excluding carboxylic acids is 2. The summed E-state index contributed by atoms with van der Waals surface area (Å²) >= 11 is 1.37. The number of fused-ring (bicyclic) bond motifs is 1. The van der Waals surface area contributed by atoms with E-state index in [9.17, 15) is 9.59 Å². The van der Waals surface area contributed by atoms with Gasteiger partial charge in [-0.05, 0) is 71.6 Å². The van der Waals surface area contributed by atoms with E-state index in [1.54, 1.807) is 55.1 Å². The molecule has 0 aliphatic heterocycles. The highest BCUT2D eigenvalue weighted by Crippen LogP contribution is 2.29. The number of nitriles is 1. The maximum Gasteiger partial charge on any atom is 0.261 e. The van der Waals surface area contributed by atoms with Crippen molar-refractivity contribution >= 4 is 38.9 Å². The largest absolute Gasteiger partial charge is 0.351 e. The maximum absolute atomic E-state index is 15.2. The molecule has 0 unspecified atom stereocenters. The number of amides is 2. The minimum atomic E-state index is -0.485. The first-order valence-corrected chi connectivity index (χ1v) is 15.1. The van der Waals surface area contributed by atoms with E-state index in [0.717, 1.165) is 27.0 Å². The summed E-state index contributed by atoms with van der Waals surface area (Å²) in [5.74, 6) is -1.09. The molecule has 3 heterocycles. The van der Waals surface area contributed by atoms with Gasteiger partial charge in [0.05, 0.1) is 22.8 Å². The number of anilines is 1. The third-order valence-corrected chi connectivity index (χ3v) is 8.46. The average Bonchev–Trinajstić information content (AvgIpc) is 3.69. The van der Waals surface area contributed by atoms with Crippen molar-refractivity contribution in [2.75, 3.05) is 11.9 Å². The van der Waals surface area contributed by atoms with E-state index >= 15 is 4.39 Å². The smallest absolute Gasteiger partial charge is 0.261 e. The summed E-state index contributed by atoms with van der Waals surface area (Å²) in [6, 6.07) is 26.7. The van der Waals surface area contributed by atoms with Gasteiger partial charge in [0.25, 0.3) is 11.8 Å². The number of thiophene rings is 1. The molecule has 2 N–H and O–H groups in total. The Hall–Kier alpha value is -5.66. The van der Waals surface area contributed by atoms with E-state index in [4.69, 9.17) is 5.26 Å². The average molecular weight is 615 g/mol. The topological polar surface area (TPSA) is 113 Å². The van der Waals surface area contributed by atoms with Crippen LogP contribution in [0.4, 0.5) is 10.1 Å². The van der Waals surface area contributed by atoms with Crippen LogP contribution < -0.4 is 10.6 Å². The summed E-state index contributed by atoms with van der Waals surface area (Å²) in [5, 5.41) is 15.7. The molecule has 0 bridgehead atoms. The second-order valence-corrected chi connectivity index (χ2v) is 11.5. The van der Waals surface area contributed by atoms with Crippen molar-refractivity contribution in [3.05, 3.63) is 148 Å². The van der Waals surface area contributed by atoms with Gasteiger partial charge >= 0.3 is 0 Å². The van der Waals surface area contributed by atoms with E-state index in [1.807, 2.05) is 41.0 Å². The number of carbonyl (C=O) groups is 2. The molecule has 0 spiro atoms. The van der Waals surface area contributed by atoms with Crippen molar-refractivity contribution in [1.29, 1.82) is 5.26 Å². The highest BCUT2D eigenvalue weighted by molar-refractivity contribution is 7.20. The zero-order chi connectivity index (χ0) is 31.2. The molecule has 3 aromatic carbocycles. The Labute approximate surface area is 262 Å². The molecule has 2 amide bonds. The minimum absolute atomic E-state index is 0.161. The number of rotatable bonds is 10. The van der Waals surface area contributed by atoms with E-state index in [2.05, 4.69) is 26.7 Å². The van der Waals surface area contributed by atoms with Gasteiger partial charge in [-0.1, -0.05) is 24.3 Å². The van der Waals surface area contributed by atoms with Crippen LogP contribution in [0.2, 0.25) is 0 Å². The van der Waals surface area contributed by atoms with Crippen LogP contribution in [0, 0.1) is 17.1 Å². The first-order valence-electron chi connectivity index (χ1n) is 14.3. The zero-order valence-electron chi connectivity index (χ0n) is 24.0. The SMILES string of the molecule is N#Cc1ccc(Cn2cncc2Cc2c(F)cccc2C(=O)Nc2ccc3sc(C(=O)NCCc4ccccn4)cc3c2)cc1. The number of halogens is 1. The van der Waals surface area contributed by atoms with Crippen LogP contribution in [0.1, 0.15) is 48.1 Å². The summed E-state index contributed by atoms with van der Waals surface area (Å²) in [5.41, 5.74) is 4.21. The van der Waals surface area contributed by atoms with Crippen molar-refractivity contribution in [3.8, 4) is 6.07 Å². The summed E-state index contributed by atoms with van der Waals surface area (Å²) in [6.07, 6.45) is 5.85. The molecule has 6 aromatic rings. The van der Waals surface area contributed by atoms with Crippen LogP contribution in [0.25, 0.3) is 10.1 Å². The molecular weight excluding hydrogens is 587 g/mol. The number of imidazole rings is 1. The fourth-order valence-corrected chi connectivity index (χ4v) is 5.98. The lowest BCUT2D eigenvalue weighted by molar-refractivity contribution is 0.0957. The summed E-state index contributed by atoms with van der Waals surface area (Å²) < 4.78 is 18.0. The number of nitrogens with one attached hydrogen (secondary N) is 2. The summed E-state index contributed by atoms with van der Waals surface area (Å²) in [7, 11) is 0. The van der Waals surface area contributed by atoms with Crippen LogP contribution in [-0.4, -0.2) is 32.9 Å². The molecule has 0 saturated carbocycles. The lowest BCUT2D eigenvalue weighted by Gasteiger charge is -2.13. The highest BCUT2D eigenvalue weighted by Gasteiger charge is 2.18. The molecule has 0 aliphatic carbocycles. The van der Waals surface area contributed by atoms with Crippen LogP contribution in [0.3, 0.4) is 0 Å². The fraction of sp³-hybridized carbons (Fsp3) is 0.114. The quantitative estimate of drug-likeness (QED) is 0.186. The zero-order valence-corrected chi connectivity index (χ0v) is 24.9. The number of nitrogens with zero attached hydrogens (tertiary/aromatic N) is 4. The molecule has 222 valence electrons. The van der Waals surface area contributed by atoms with Crippen molar-refractivity contribution in [3.63, 3.8) is 0 Å². The standard InChI is InChI=1S/C35H27FN6O2S/c36-31-6-3-5-29(30(31)18-28-20-38-22-42(28)21-24-9-7-23(19-37)8-10-24)34(43)41-27-11-12-32-25(16-27)17-33(45-32)35(44)40-15-13-26-4-1-2-14-39-26/h1-12,14,16-17,20,22H,13,15,18,21H2,(H,40,44)(H,41,43). The predicted molar refractivity (Wildman–Crippen MR) is 172 cm³/mol. The Bertz CT molecular complexity index is 2030. The number of aromatic nitrogens is 3. The van der Waals surface area contributed by atoms with Crippen LogP contribution in [-0.2, 0) is 19.4 Å². The third-order valence-electron chi connectivity index (χ3n) is 7.35. The monoisotopic (exact) mass is 614 g/mol. The van der Waals surface area contributed by atoms with Crippen LogP contribution >= 0.6 is 11.3 Å². The number of pyridine rings is 1. The molecule has 0 fully saturated rings. The second kappa shape index (κ2) is 13.3. The first kappa shape index (κ1) is 29.4. The number of hydrogen-bond donors (Lipinski definition) is 2. The number of hydrogen-bond acceptors (Lipinski definition) is 6. The van der Waals surface area contributed by atoms with Crippen molar-refractivity contribution in [2.45, 2.75) is 19.4 Å². The first-order chi connectivity index (χ1) is 22.0. The van der Waals surface area contributed by atoms with Gasteiger partial charge in [0.1, 0.15) is 5.82 Å². The van der Waals surface area contributed by atoms with E-state index in [-0.39, 0.29) is 23.5 Å². The van der Waals surface area contributed by atoms with Crippen LogP contribution in [0.15, 0.2) is 104 Å². The highest BCUT2D eigenvalue weighted by atomic mass is 32.1. The predicted octanol–water partition coefficient (Wildman–Crippen LogP) is 6.37. The molecule has 0 aliphatic rings. The molecule has 45 heavy (non-hydrogen) atoms. The lowest BCUT2D eigenvalue weighted by Crippen LogP contribution is -2.25. The molecule has 0 atom stereocenters. The Morgan fingerprint density at radius 2 is 1.84 bits per heavy atom. The van der Waals surface area contributed by atoms with Gasteiger partial charge in [-0.3, -0.25) is 14.6 Å². The van der Waals surface area contributed by atoms with E-state index in [0.29, 0.717) is 35.6 Å². The van der Waals surface area contributed by atoms with Crippen LogP contribution in [0.5, 0.6) is 0 Å². The Morgan fingerprint density at radius 3 is 2.64 bits per heavy atom. The van der Waals surface area contributed by atoms with Gasteiger partial charge in [0.2, 0.25) is 0 Å². The summed E-state index contributed by atoms with van der Waals surface area (Å²) in [4.78, 5) is 35.3. The second-order valence-electron chi connectivity index (χ2n) is 10.4. The molecular formula is C35H27FN6O2S. The van der Waals surface area contributed by atoms with Crippen molar-refractivity contribution in [2.24, 2.45) is 0 Å². The van der Waals surface area contributed by atoms with Gasteiger partial charge in [0, 0.05) is 71.2 Å². The molecule has 3 aromatic heterocycles. The van der Waals surface area contributed by atoms with Gasteiger partial charge in [-0.15, -0.1) is 11.3 Å². The minimum Gasteiger partial charge on any atom is -0.351 e. The molecule has 0 saturated heterocycles. The molecule has 10 heteroatoms. The van der Waals surface area contributed by atoms with Gasteiger partial charge < -0.3 is 15.2 Å². The Morgan fingerprint density at radius 1 is 0.978 bits per heavy atom. The Balaban J connectivity index is 1.14. The molecule has 8 nitrogen and oxygen atoms in total. The number of benzene rings is 3. The third kappa shape index (κ3) is 6.95. The van der Waals surface area contributed by atoms with Gasteiger partial charge in [0.15, 0.2) is 0 Å². The fourth-order valence-electron chi connectivity index (χ4n) is 5.02. The molecule has 6 rings (SSSR count). The maximum atomic E-state index is 15.2.